The van der Waals surface area contributed by atoms with Gasteiger partial charge in [0.1, 0.15) is 18.3 Å². The lowest BCUT2D eigenvalue weighted by Crippen LogP contribution is -2.52. The molecular formula is C18H21Cl2N3O. The second-order valence-corrected chi connectivity index (χ2v) is 7.87. The standard InChI is InChI=1S/C18H21Cl2N3O/c1-17(2)7-3-4-14(8-13-5-6-15(19)9-16(13)20)18(17,24)10-23-12-21-11-22-23/h5-6,8-9,11-12,24H,3-4,7,10H2,1-2H3/b14-8+. The Morgan fingerprint density at radius 1 is 1.33 bits per heavy atom. The minimum absolute atomic E-state index is 0.276. The van der Waals surface area contributed by atoms with E-state index in [1.54, 1.807) is 17.1 Å². The second-order valence-electron chi connectivity index (χ2n) is 7.03. The SMILES string of the molecule is CC1(C)CCC/C(=C\c2ccc(Cl)cc2Cl)C1(O)Cn1cncn1. The molecule has 4 nitrogen and oxygen atoms in total. The van der Waals surface area contributed by atoms with Gasteiger partial charge in [0.25, 0.3) is 0 Å². The van der Waals surface area contributed by atoms with Gasteiger partial charge in [-0.05, 0) is 47.9 Å². The Kier molecular flexibility index (Phi) is 4.73. The van der Waals surface area contributed by atoms with E-state index in [1.165, 1.54) is 6.33 Å². The molecule has 0 radical (unpaired) electrons. The van der Waals surface area contributed by atoms with Crippen molar-refractivity contribution in [3.05, 3.63) is 52.0 Å². The quantitative estimate of drug-likeness (QED) is 0.863. The lowest BCUT2D eigenvalue weighted by molar-refractivity contribution is -0.0692. The van der Waals surface area contributed by atoms with Crippen molar-refractivity contribution in [3.8, 4) is 0 Å². The van der Waals surface area contributed by atoms with Gasteiger partial charge in [0.2, 0.25) is 0 Å². The summed E-state index contributed by atoms with van der Waals surface area (Å²) in [6, 6.07) is 5.42. The molecule has 0 amide bonds. The molecule has 1 unspecified atom stereocenters. The normalized spacial score (nSPS) is 25.1. The van der Waals surface area contributed by atoms with Gasteiger partial charge in [0.15, 0.2) is 0 Å². The van der Waals surface area contributed by atoms with E-state index >= 15 is 0 Å². The van der Waals surface area contributed by atoms with E-state index in [1.807, 2.05) is 18.2 Å². The van der Waals surface area contributed by atoms with Crippen molar-refractivity contribution in [3.63, 3.8) is 0 Å². The van der Waals surface area contributed by atoms with Gasteiger partial charge in [-0.3, -0.25) is 0 Å². The molecule has 2 aromatic rings. The molecule has 128 valence electrons. The van der Waals surface area contributed by atoms with Gasteiger partial charge in [0.05, 0.1) is 6.54 Å². The maximum Gasteiger partial charge on any atom is 0.137 e. The van der Waals surface area contributed by atoms with Crippen LogP contribution in [0.3, 0.4) is 0 Å². The largest absolute Gasteiger partial charge is 0.383 e. The first-order valence-corrected chi connectivity index (χ1v) is 8.78. The molecular weight excluding hydrogens is 345 g/mol. The van der Waals surface area contributed by atoms with E-state index in [0.717, 1.165) is 30.4 Å². The molecule has 1 aliphatic carbocycles. The smallest absolute Gasteiger partial charge is 0.137 e. The second kappa shape index (κ2) is 6.51. The van der Waals surface area contributed by atoms with Crippen LogP contribution in [0.2, 0.25) is 10.0 Å². The van der Waals surface area contributed by atoms with Gasteiger partial charge < -0.3 is 5.11 Å². The Morgan fingerprint density at radius 2 is 2.12 bits per heavy atom. The molecule has 1 heterocycles. The predicted octanol–water partition coefficient (Wildman–Crippen LogP) is 4.61. The van der Waals surface area contributed by atoms with Gasteiger partial charge in [-0.15, -0.1) is 0 Å². The molecule has 1 N–H and O–H groups in total. The first-order valence-electron chi connectivity index (χ1n) is 8.03. The van der Waals surface area contributed by atoms with Crippen LogP contribution < -0.4 is 0 Å². The maximum atomic E-state index is 11.6. The van der Waals surface area contributed by atoms with Crippen LogP contribution in [0, 0.1) is 5.41 Å². The Hall–Kier alpha value is -1.36. The molecule has 0 saturated heterocycles. The van der Waals surface area contributed by atoms with E-state index in [4.69, 9.17) is 23.2 Å². The molecule has 6 heteroatoms. The van der Waals surface area contributed by atoms with E-state index in [0.29, 0.717) is 16.6 Å². The van der Waals surface area contributed by atoms with Crippen LogP contribution in [-0.2, 0) is 6.54 Å². The number of nitrogens with zero attached hydrogens (tertiary/aromatic N) is 3. The molecule has 0 bridgehead atoms. The summed E-state index contributed by atoms with van der Waals surface area (Å²) in [5.74, 6) is 0. The van der Waals surface area contributed by atoms with Crippen molar-refractivity contribution < 1.29 is 5.11 Å². The third-order valence-electron chi connectivity index (χ3n) is 5.05. The van der Waals surface area contributed by atoms with Crippen LogP contribution in [0.5, 0.6) is 0 Å². The molecule has 0 spiro atoms. The average molecular weight is 366 g/mol. The van der Waals surface area contributed by atoms with Gasteiger partial charge in [-0.1, -0.05) is 49.2 Å². The summed E-state index contributed by atoms with van der Waals surface area (Å²) in [5, 5.41) is 17.0. The van der Waals surface area contributed by atoms with E-state index in [2.05, 4.69) is 23.9 Å². The van der Waals surface area contributed by atoms with Crippen LogP contribution in [0.15, 0.2) is 36.4 Å². The van der Waals surface area contributed by atoms with Crippen molar-refractivity contribution in [2.24, 2.45) is 5.41 Å². The highest BCUT2D eigenvalue weighted by Crippen LogP contribution is 2.48. The van der Waals surface area contributed by atoms with Crippen LogP contribution in [0.25, 0.3) is 6.08 Å². The summed E-state index contributed by atoms with van der Waals surface area (Å²) in [4.78, 5) is 3.98. The Bertz CT molecular complexity index is 756. The Morgan fingerprint density at radius 3 is 2.79 bits per heavy atom. The topological polar surface area (TPSA) is 50.9 Å². The Balaban J connectivity index is 2.04. The number of hydrogen-bond donors (Lipinski definition) is 1. The fraction of sp³-hybridized carbons (Fsp3) is 0.444. The molecule has 1 fully saturated rings. The van der Waals surface area contributed by atoms with E-state index in [-0.39, 0.29) is 5.41 Å². The van der Waals surface area contributed by atoms with Crippen molar-refractivity contribution in [2.75, 3.05) is 0 Å². The predicted molar refractivity (Wildman–Crippen MR) is 97.0 cm³/mol. The summed E-state index contributed by atoms with van der Waals surface area (Å²) in [6.07, 6.45) is 7.92. The van der Waals surface area contributed by atoms with Crippen molar-refractivity contribution in [2.45, 2.75) is 45.3 Å². The molecule has 1 aromatic carbocycles. The van der Waals surface area contributed by atoms with Crippen molar-refractivity contribution >= 4 is 29.3 Å². The first-order chi connectivity index (χ1) is 11.3. The number of hydrogen-bond acceptors (Lipinski definition) is 3. The highest BCUT2D eigenvalue weighted by atomic mass is 35.5. The highest BCUT2D eigenvalue weighted by molar-refractivity contribution is 6.35. The summed E-state index contributed by atoms with van der Waals surface area (Å²) >= 11 is 12.3. The maximum absolute atomic E-state index is 11.6. The van der Waals surface area contributed by atoms with Crippen molar-refractivity contribution in [1.82, 2.24) is 14.8 Å². The molecule has 1 atom stereocenters. The zero-order valence-corrected chi connectivity index (χ0v) is 15.3. The molecule has 1 aliphatic rings. The molecule has 3 rings (SSSR count). The number of rotatable bonds is 3. The molecule has 1 saturated carbocycles. The van der Waals surface area contributed by atoms with Crippen LogP contribution >= 0.6 is 23.2 Å². The van der Waals surface area contributed by atoms with Crippen LogP contribution in [0.1, 0.15) is 38.7 Å². The summed E-state index contributed by atoms with van der Waals surface area (Å²) in [6.45, 7) is 4.57. The molecule has 1 aromatic heterocycles. The zero-order chi connectivity index (χ0) is 17.4. The lowest BCUT2D eigenvalue weighted by atomic mass is 9.62. The minimum Gasteiger partial charge on any atom is -0.383 e. The number of aromatic nitrogens is 3. The van der Waals surface area contributed by atoms with Gasteiger partial charge in [-0.25, -0.2) is 9.67 Å². The molecule has 24 heavy (non-hydrogen) atoms. The van der Waals surface area contributed by atoms with E-state index < -0.39 is 5.60 Å². The Labute approximate surface area is 152 Å². The summed E-state index contributed by atoms with van der Waals surface area (Å²) in [5.41, 5.74) is 0.549. The minimum atomic E-state index is -1.01. The lowest BCUT2D eigenvalue weighted by Gasteiger charge is -2.48. The number of benzene rings is 1. The monoisotopic (exact) mass is 365 g/mol. The fourth-order valence-electron chi connectivity index (χ4n) is 3.43. The number of halogens is 2. The first kappa shape index (κ1) is 17.5. The highest BCUT2D eigenvalue weighted by Gasteiger charge is 2.48. The third kappa shape index (κ3) is 3.23. The van der Waals surface area contributed by atoms with E-state index in [9.17, 15) is 5.11 Å². The zero-order valence-electron chi connectivity index (χ0n) is 13.8. The van der Waals surface area contributed by atoms with Crippen LogP contribution in [-0.4, -0.2) is 25.5 Å². The van der Waals surface area contributed by atoms with Crippen LogP contribution in [0.4, 0.5) is 0 Å². The number of aliphatic hydroxyl groups is 1. The average Bonchev–Trinajstić information content (AvgIpc) is 2.99. The third-order valence-corrected chi connectivity index (χ3v) is 5.61. The van der Waals surface area contributed by atoms with Crippen molar-refractivity contribution in [1.29, 1.82) is 0 Å². The molecule has 0 aliphatic heterocycles. The van der Waals surface area contributed by atoms with Gasteiger partial charge >= 0.3 is 0 Å². The van der Waals surface area contributed by atoms with Gasteiger partial charge in [0, 0.05) is 10.0 Å². The fourth-order valence-corrected chi connectivity index (χ4v) is 3.89. The summed E-state index contributed by atoms with van der Waals surface area (Å²) in [7, 11) is 0. The summed E-state index contributed by atoms with van der Waals surface area (Å²) < 4.78 is 1.68. The van der Waals surface area contributed by atoms with Gasteiger partial charge in [-0.2, -0.15) is 5.10 Å².